The van der Waals surface area contributed by atoms with E-state index in [-0.39, 0.29) is 12.6 Å². The van der Waals surface area contributed by atoms with E-state index in [0.29, 0.717) is 19.6 Å². The van der Waals surface area contributed by atoms with Gasteiger partial charge in [0.15, 0.2) is 0 Å². The minimum Gasteiger partial charge on any atom is -0.465 e. The van der Waals surface area contributed by atoms with Crippen molar-refractivity contribution < 1.29 is 14.6 Å². The summed E-state index contributed by atoms with van der Waals surface area (Å²) in [6.45, 7) is 2.94. The Morgan fingerprint density at radius 2 is 2.06 bits per heavy atom. The van der Waals surface area contributed by atoms with Crippen LogP contribution < -0.4 is 0 Å². The van der Waals surface area contributed by atoms with Gasteiger partial charge in [0, 0.05) is 13.2 Å². The zero-order valence-corrected chi connectivity index (χ0v) is 11.0. The van der Waals surface area contributed by atoms with E-state index in [4.69, 9.17) is 9.84 Å². The number of carbonyl (C=O) groups is 1. The minimum atomic E-state index is -0.405. The molecule has 0 saturated heterocycles. The normalized spacial score (nSPS) is 12.4. The molecule has 0 heterocycles. The number of aliphatic hydroxyl groups excluding tert-OH is 1. The van der Waals surface area contributed by atoms with Crippen molar-refractivity contribution in [2.45, 2.75) is 19.4 Å². The van der Waals surface area contributed by atoms with E-state index in [1.807, 2.05) is 42.3 Å². The predicted octanol–water partition coefficient (Wildman–Crippen LogP) is 1.60. The molecule has 18 heavy (non-hydrogen) atoms. The third-order valence-electron chi connectivity index (χ3n) is 2.73. The number of benzene rings is 1. The predicted molar refractivity (Wildman–Crippen MR) is 70.1 cm³/mol. The summed E-state index contributed by atoms with van der Waals surface area (Å²) >= 11 is 0. The Morgan fingerprint density at radius 1 is 1.39 bits per heavy atom. The second kappa shape index (κ2) is 7.84. The van der Waals surface area contributed by atoms with Crippen LogP contribution in [-0.4, -0.2) is 42.8 Å². The van der Waals surface area contributed by atoms with E-state index in [0.717, 1.165) is 5.56 Å². The van der Waals surface area contributed by atoms with Crippen LogP contribution in [-0.2, 0) is 9.53 Å². The largest absolute Gasteiger partial charge is 0.465 e. The molecule has 100 valence electrons. The molecule has 0 aliphatic heterocycles. The molecule has 1 unspecified atom stereocenters. The van der Waals surface area contributed by atoms with Crippen molar-refractivity contribution in [2.24, 2.45) is 0 Å². The smallest absolute Gasteiger partial charge is 0.327 e. The summed E-state index contributed by atoms with van der Waals surface area (Å²) in [6.07, 6.45) is 0.638. The lowest BCUT2D eigenvalue weighted by Gasteiger charge is -2.26. The van der Waals surface area contributed by atoms with Crippen LogP contribution in [0.15, 0.2) is 30.3 Å². The van der Waals surface area contributed by atoms with Gasteiger partial charge in [0.25, 0.3) is 0 Å². The minimum absolute atomic E-state index is 0.120. The van der Waals surface area contributed by atoms with Gasteiger partial charge in [-0.15, -0.1) is 0 Å². The van der Waals surface area contributed by atoms with Crippen LogP contribution in [0.25, 0.3) is 0 Å². The quantitative estimate of drug-likeness (QED) is 0.748. The molecule has 1 aromatic carbocycles. The molecule has 1 aromatic rings. The van der Waals surface area contributed by atoms with E-state index < -0.39 is 6.04 Å². The molecule has 1 atom stereocenters. The van der Waals surface area contributed by atoms with Gasteiger partial charge in [0.1, 0.15) is 6.04 Å². The SMILES string of the molecule is CCOC(=O)C(c1ccccc1)N(C)CCCO. The van der Waals surface area contributed by atoms with Crippen molar-refractivity contribution in [3.63, 3.8) is 0 Å². The number of ether oxygens (including phenoxy) is 1. The molecule has 1 rings (SSSR count). The van der Waals surface area contributed by atoms with Crippen molar-refractivity contribution in [1.82, 2.24) is 4.90 Å². The van der Waals surface area contributed by atoms with Gasteiger partial charge in [-0.05, 0) is 26.0 Å². The molecule has 0 bridgehead atoms. The Kier molecular flexibility index (Phi) is 6.39. The van der Waals surface area contributed by atoms with Crippen LogP contribution in [0, 0.1) is 0 Å². The van der Waals surface area contributed by atoms with Crippen molar-refractivity contribution >= 4 is 5.97 Å². The Balaban J connectivity index is 2.84. The van der Waals surface area contributed by atoms with E-state index in [9.17, 15) is 4.79 Å². The number of esters is 1. The average molecular weight is 251 g/mol. The number of carbonyl (C=O) groups excluding carboxylic acids is 1. The Bertz CT molecular complexity index is 353. The second-order valence-electron chi connectivity index (χ2n) is 4.12. The van der Waals surface area contributed by atoms with Crippen molar-refractivity contribution in [3.8, 4) is 0 Å². The first-order chi connectivity index (χ1) is 8.70. The van der Waals surface area contributed by atoms with Crippen LogP contribution in [0.2, 0.25) is 0 Å². The maximum absolute atomic E-state index is 12.0. The summed E-state index contributed by atoms with van der Waals surface area (Å²) in [5.41, 5.74) is 0.913. The standard InChI is InChI=1S/C14H21NO3/c1-3-18-14(17)13(15(2)10-7-11-16)12-8-5-4-6-9-12/h4-6,8-9,13,16H,3,7,10-11H2,1-2H3. The monoisotopic (exact) mass is 251 g/mol. The Hall–Kier alpha value is -1.39. The van der Waals surface area contributed by atoms with Crippen LogP contribution in [0.1, 0.15) is 24.9 Å². The van der Waals surface area contributed by atoms with E-state index in [1.165, 1.54) is 0 Å². The number of hydrogen-bond donors (Lipinski definition) is 1. The second-order valence-corrected chi connectivity index (χ2v) is 4.12. The van der Waals surface area contributed by atoms with Crippen LogP contribution in [0.5, 0.6) is 0 Å². The van der Waals surface area contributed by atoms with E-state index >= 15 is 0 Å². The van der Waals surface area contributed by atoms with Crippen LogP contribution >= 0.6 is 0 Å². The molecule has 4 nitrogen and oxygen atoms in total. The van der Waals surface area contributed by atoms with Gasteiger partial charge in [-0.25, -0.2) is 4.79 Å². The zero-order valence-electron chi connectivity index (χ0n) is 11.0. The molecular weight excluding hydrogens is 230 g/mol. The molecule has 0 aliphatic rings. The van der Waals surface area contributed by atoms with Gasteiger partial charge in [0.05, 0.1) is 6.61 Å². The third-order valence-corrected chi connectivity index (χ3v) is 2.73. The fourth-order valence-corrected chi connectivity index (χ4v) is 1.88. The Labute approximate surface area is 108 Å². The zero-order chi connectivity index (χ0) is 13.4. The van der Waals surface area contributed by atoms with Crippen LogP contribution in [0.4, 0.5) is 0 Å². The number of likely N-dealkylation sites (N-methyl/N-ethyl adjacent to an activating group) is 1. The number of hydrogen-bond acceptors (Lipinski definition) is 4. The summed E-state index contributed by atoms with van der Waals surface area (Å²) in [6, 6.07) is 9.15. The lowest BCUT2D eigenvalue weighted by molar-refractivity contribution is -0.149. The fourth-order valence-electron chi connectivity index (χ4n) is 1.88. The number of aliphatic hydroxyl groups is 1. The van der Waals surface area contributed by atoms with Gasteiger partial charge in [0.2, 0.25) is 0 Å². The van der Waals surface area contributed by atoms with Gasteiger partial charge in [-0.1, -0.05) is 30.3 Å². The van der Waals surface area contributed by atoms with Crippen molar-refractivity contribution in [1.29, 1.82) is 0 Å². The third kappa shape index (κ3) is 4.13. The summed E-state index contributed by atoms with van der Waals surface area (Å²) in [5, 5.41) is 8.87. The summed E-state index contributed by atoms with van der Waals surface area (Å²) in [4.78, 5) is 13.9. The number of rotatable bonds is 7. The first-order valence-electron chi connectivity index (χ1n) is 6.23. The topological polar surface area (TPSA) is 49.8 Å². The maximum atomic E-state index is 12.0. The average Bonchev–Trinajstić information content (AvgIpc) is 2.38. The highest BCUT2D eigenvalue weighted by atomic mass is 16.5. The number of nitrogens with zero attached hydrogens (tertiary/aromatic N) is 1. The molecule has 0 fully saturated rings. The van der Waals surface area contributed by atoms with Gasteiger partial charge in [-0.2, -0.15) is 0 Å². The molecule has 0 radical (unpaired) electrons. The molecule has 0 amide bonds. The molecule has 0 spiro atoms. The summed E-state index contributed by atoms with van der Waals surface area (Å²) < 4.78 is 5.12. The highest BCUT2D eigenvalue weighted by molar-refractivity contribution is 5.77. The molecular formula is C14H21NO3. The maximum Gasteiger partial charge on any atom is 0.327 e. The van der Waals surface area contributed by atoms with Gasteiger partial charge >= 0.3 is 5.97 Å². The lowest BCUT2D eigenvalue weighted by atomic mass is 10.1. The summed E-state index contributed by atoms with van der Waals surface area (Å²) in [7, 11) is 1.87. The lowest BCUT2D eigenvalue weighted by Crippen LogP contribution is -2.33. The highest BCUT2D eigenvalue weighted by Gasteiger charge is 2.25. The molecule has 0 aliphatic carbocycles. The van der Waals surface area contributed by atoms with Crippen molar-refractivity contribution in [2.75, 3.05) is 26.8 Å². The van der Waals surface area contributed by atoms with Crippen LogP contribution in [0.3, 0.4) is 0 Å². The van der Waals surface area contributed by atoms with Gasteiger partial charge in [-0.3, -0.25) is 4.90 Å². The van der Waals surface area contributed by atoms with E-state index in [1.54, 1.807) is 6.92 Å². The fraction of sp³-hybridized carbons (Fsp3) is 0.500. The molecule has 1 N–H and O–H groups in total. The Morgan fingerprint density at radius 3 is 2.61 bits per heavy atom. The van der Waals surface area contributed by atoms with E-state index in [2.05, 4.69) is 0 Å². The molecule has 0 saturated carbocycles. The first-order valence-corrected chi connectivity index (χ1v) is 6.23. The molecule has 0 aromatic heterocycles. The van der Waals surface area contributed by atoms with Gasteiger partial charge < -0.3 is 9.84 Å². The summed E-state index contributed by atoms with van der Waals surface area (Å²) in [5.74, 6) is -0.246. The first kappa shape index (κ1) is 14.7. The molecule has 4 heteroatoms. The highest BCUT2D eigenvalue weighted by Crippen LogP contribution is 2.21. The van der Waals surface area contributed by atoms with Crippen molar-refractivity contribution in [3.05, 3.63) is 35.9 Å².